The number of nitrogens with one attached hydrogen (secondary N) is 1. The predicted molar refractivity (Wildman–Crippen MR) is 107 cm³/mol. The molecule has 4 rings (SSSR count). The highest BCUT2D eigenvalue weighted by molar-refractivity contribution is 6.12. The maximum Gasteiger partial charge on any atom is 0.418 e. The van der Waals surface area contributed by atoms with Crippen LogP contribution in [0, 0.1) is 0 Å². The van der Waals surface area contributed by atoms with E-state index >= 15 is 0 Å². The molecule has 0 aromatic heterocycles. The number of carbonyl (C=O) groups excluding carboxylic acids is 1. The molecule has 0 bridgehead atoms. The molecule has 1 unspecified atom stereocenters. The molecule has 0 spiro atoms. The van der Waals surface area contributed by atoms with Crippen LogP contribution in [0.4, 0.5) is 30.2 Å². The Morgan fingerprint density at radius 1 is 1.10 bits per heavy atom. The fraction of sp³-hybridized carbons (Fsp3) is 0.333. The molecule has 2 aromatic carbocycles. The van der Waals surface area contributed by atoms with Gasteiger partial charge in [-0.2, -0.15) is 13.2 Å². The second-order valence-corrected chi connectivity index (χ2v) is 7.32. The van der Waals surface area contributed by atoms with Crippen LogP contribution in [0.2, 0.25) is 0 Å². The summed E-state index contributed by atoms with van der Waals surface area (Å²) in [6, 6.07) is 11.3. The zero-order valence-corrected chi connectivity index (χ0v) is 15.9. The van der Waals surface area contributed by atoms with E-state index in [9.17, 15) is 18.0 Å². The van der Waals surface area contributed by atoms with Crippen LogP contribution in [0.25, 0.3) is 0 Å². The molecule has 0 radical (unpaired) electrons. The predicted octanol–water partition coefficient (Wildman–Crippen LogP) is 3.90. The maximum atomic E-state index is 13.7. The summed E-state index contributed by atoms with van der Waals surface area (Å²) in [6.45, 7) is 2.52. The molecular weight excluding hydrogens is 381 g/mol. The van der Waals surface area contributed by atoms with Crippen molar-refractivity contribution in [1.29, 1.82) is 0 Å². The maximum absolute atomic E-state index is 13.7. The van der Waals surface area contributed by atoms with Gasteiger partial charge in [0, 0.05) is 43.8 Å². The number of aliphatic imine (C=N–C) groups is 1. The van der Waals surface area contributed by atoms with Gasteiger partial charge in [-0.25, -0.2) is 0 Å². The lowest BCUT2D eigenvalue weighted by molar-refractivity contribution is -0.137. The summed E-state index contributed by atoms with van der Waals surface area (Å²) in [4.78, 5) is 20.2. The summed E-state index contributed by atoms with van der Waals surface area (Å²) in [6.07, 6.45) is -3.08. The monoisotopic (exact) mass is 402 g/mol. The molecule has 1 N–H and O–H groups in total. The highest BCUT2D eigenvalue weighted by atomic mass is 19.4. The second kappa shape index (κ2) is 7.51. The van der Waals surface area contributed by atoms with Gasteiger partial charge in [-0.15, -0.1) is 0 Å². The molecule has 8 heteroatoms. The number of piperazine rings is 1. The molecule has 29 heavy (non-hydrogen) atoms. The average Bonchev–Trinajstić information content (AvgIpc) is 3.01. The first-order chi connectivity index (χ1) is 13.8. The fourth-order valence-electron chi connectivity index (χ4n) is 3.70. The van der Waals surface area contributed by atoms with Gasteiger partial charge in [0.1, 0.15) is 5.92 Å². The molecule has 0 aliphatic carbocycles. The highest BCUT2D eigenvalue weighted by Gasteiger charge is 2.36. The second-order valence-electron chi connectivity index (χ2n) is 7.32. The van der Waals surface area contributed by atoms with Crippen LogP contribution in [0.15, 0.2) is 47.5 Å². The van der Waals surface area contributed by atoms with E-state index in [0.717, 1.165) is 11.6 Å². The summed E-state index contributed by atoms with van der Waals surface area (Å²) in [5.41, 5.74) is 1.12. The van der Waals surface area contributed by atoms with Crippen molar-refractivity contribution >= 4 is 29.2 Å². The van der Waals surface area contributed by atoms with Crippen LogP contribution in [-0.4, -0.2) is 50.2 Å². The third-order valence-corrected chi connectivity index (χ3v) is 5.34. The number of para-hydroxylation sites is 1. The number of halogens is 3. The third-order valence-electron chi connectivity index (χ3n) is 5.34. The summed E-state index contributed by atoms with van der Waals surface area (Å²) < 4.78 is 41.1. The van der Waals surface area contributed by atoms with Crippen LogP contribution < -0.4 is 10.2 Å². The summed E-state index contributed by atoms with van der Waals surface area (Å²) in [5.74, 6) is -0.849. The Morgan fingerprint density at radius 2 is 1.83 bits per heavy atom. The van der Waals surface area contributed by atoms with E-state index in [4.69, 9.17) is 0 Å². The Labute approximate surface area is 166 Å². The number of alkyl halides is 3. The van der Waals surface area contributed by atoms with Gasteiger partial charge in [0.2, 0.25) is 5.91 Å². The Bertz CT molecular complexity index is 949. The summed E-state index contributed by atoms with van der Waals surface area (Å²) in [5, 5.41) is 2.75. The minimum atomic E-state index is -4.48. The quantitative estimate of drug-likeness (QED) is 0.793. The molecule has 2 heterocycles. The number of carbonyl (C=O) groups is 1. The van der Waals surface area contributed by atoms with E-state index in [1.54, 1.807) is 17.0 Å². The minimum absolute atomic E-state index is 0.174. The Balaban J connectivity index is 1.62. The Morgan fingerprint density at radius 3 is 2.55 bits per heavy atom. The Kier molecular flexibility index (Phi) is 5.04. The lowest BCUT2D eigenvalue weighted by Gasteiger charge is -2.35. The number of rotatable bonds is 3. The molecule has 2 aliphatic rings. The normalized spacial score (nSPS) is 20.2. The SMILES string of the molecule is CN1CCN(c2ccc(N=CC3C(=O)Nc4ccccc43)cc2C(F)(F)F)CC1. The van der Waals surface area contributed by atoms with Crippen molar-refractivity contribution in [3.63, 3.8) is 0 Å². The molecule has 1 atom stereocenters. The lowest BCUT2D eigenvalue weighted by Crippen LogP contribution is -2.45. The van der Waals surface area contributed by atoms with Gasteiger partial charge in [-0.05, 0) is 36.9 Å². The number of benzene rings is 2. The standard InChI is InChI=1S/C21H21F3N4O/c1-27-8-10-28(11-9-27)19-7-6-14(12-17(19)21(22,23)24)25-13-16-15-4-2-3-5-18(15)26-20(16)29/h2-7,12-13,16H,8-11H2,1H3,(H,26,29). The number of anilines is 2. The molecule has 2 aromatic rings. The lowest BCUT2D eigenvalue weighted by atomic mass is 10.0. The number of amides is 1. The zero-order chi connectivity index (χ0) is 20.6. The number of fused-ring (bicyclic) bond motifs is 1. The van der Waals surface area contributed by atoms with Gasteiger partial charge < -0.3 is 15.1 Å². The fourth-order valence-corrected chi connectivity index (χ4v) is 3.70. The van der Waals surface area contributed by atoms with Gasteiger partial charge in [0.25, 0.3) is 0 Å². The molecule has 1 amide bonds. The van der Waals surface area contributed by atoms with Crippen LogP contribution in [0.1, 0.15) is 17.0 Å². The van der Waals surface area contributed by atoms with Crippen molar-refractivity contribution in [3.05, 3.63) is 53.6 Å². The van der Waals surface area contributed by atoms with Gasteiger partial charge >= 0.3 is 6.18 Å². The first-order valence-corrected chi connectivity index (χ1v) is 9.41. The molecule has 1 fully saturated rings. The van der Waals surface area contributed by atoms with Crippen LogP contribution in [0.3, 0.4) is 0 Å². The number of nitrogens with zero attached hydrogens (tertiary/aromatic N) is 3. The van der Waals surface area contributed by atoms with Crippen LogP contribution >= 0.6 is 0 Å². The van der Waals surface area contributed by atoms with Crippen LogP contribution in [0.5, 0.6) is 0 Å². The average molecular weight is 402 g/mol. The molecule has 152 valence electrons. The zero-order valence-electron chi connectivity index (χ0n) is 15.9. The van der Waals surface area contributed by atoms with E-state index in [-0.39, 0.29) is 17.3 Å². The van der Waals surface area contributed by atoms with Crippen molar-refractivity contribution in [3.8, 4) is 0 Å². The van der Waals surface area contributed by atoms with E-state index < -0.39 is 17.7 Å². The van der Waals surface area contributed by atoms with E-state index in [2.05, 4.69) is 15.2 Å². The van der Waals surface area contributed by atoms with E-state index in [1.165, 1.54) is 12.3 Å². The number of hydrogen-bond donors (Lipinski definition) is 1. The van der Waals surface area contributed by atoms with Crippen LogP contribution in [-0.2, 0) is 11.0 Å². The van der Waals surface area contributed by atoms with E-state index in [1.807, 2.05) is 25.2 Å². The summed E-state index contributed by atoms with van der Waals surface area (Å²) >= 11 is 0. The molecule has 0 saturated carbocycles. The van der Waals surface area contributed by atoms with Crippen molar-refractivity contribution < 1.29 is 18.0 Å². The largest absolute Gasteiger partial charge is 0.418 e. The van der Waals surface area contributed by atoms with Crippen molar-refractivity contribution in [2.24, 2.45) is 4.99 Å². The topological polar surface area (TPSA) is 47.9 Å². The van der Waals surface area contributed by atoms with Crippen molar-refractivity contribution in [2.75, 3.05) is 43.4 Å². The first kappa shape index (κ1) is 19.4. The Hall–Kier alpha value is -2.87. The smallest absolute Gasteiger partial charge is 0.368 e. The number of hydrogen-bond acceptors (Lipinski definition) is 4. The number of likely N-dealkylation sites (N-methyl/N-ethyl adjacent to an activating group) is 1. The van der Waals surface area contributed by atoms with Gasteiger partial charge in [0.05, 0.1) is 11.3 Å². The molecule has 1 saturated heterocycles. The van der Waals surface area contributed by atoms with Crippen molar-refractivity contribution in [2.45, 2.75) is 12.1 Å². The van der Waals surface area contributed by atoms with Crippen molar-refractivity contribution in [1.82, 2.24) is 4.90 Å². The summed E-state index contributed by atoms with van der Waals surface area (Å²) in [7, 11) is 1.96. The third kappa shape index (κ3) is 3.98. The van der Waals surface area contributed by atoms with E-state index in [0.29, 0.717) is 31.9 Å². The van der Waals surface area contributed by atoms with Gasteiger partial charge in [-0.1, -0.05) is 18.2 Å². The molecule has 5 nitrogen and oxygen atoms in total. The minimum Gasteiger partial charge on any atom is -0.368 e. The highest BCUT2D eigenvalue weighted by Crippen LogP contribution is 2.39. The first-order valence-electron chi connectivity index (χ1n) is 9.41. The van der Waals surface area contributed by atoms with Gasteiger partial charge in [0.15, 0.2) is 0 Å². The molecule has 2 aliphatic heterocycles. The van der Waals surface area contributed by atoms with Gasteiger partial charge in [-0.3, -0.25) is 9.79 Å². The molecular formula is C21H21F3N4O.